The fourth-order valence-corrected chi connectivity index (χ4v) is 2.74. The summed E-state index contributed by atoms with van der Waals surface area (Å²) < 4.78 is 0. The van der Waals surface area contributed by atoms with Crippen LogP contribution in [-0.4, -0.2) is 34.3 Å². The van der Waals surface area contributed by atoms with Gasteiger partial charge in [0.05, 0.1) is 5.69 Å². The monoisotopic (exact) mass is 265 g/mol. The van der Waals surface area contributed by atoms with Gasteiger partial charge in [0.25, 0.3) is 0 Å². The average Bonchev–Trinajstić information content (AvgIpc) is 2.40. The first-order valence-electron chi connectivity index (χ1n) is 6.36. The zero-order valence-corrected chi connectivity index (χ0v) is 11.2. The van der Waals surface area contributed by atoms with Crippen LogP contribution in [0.1, 0.15) is 31.4 Å². The molecule has 0 radical (unpaired) electrons. The Kier molecular flexibility index (Phi) is 4.49. The Hall–Kier alpha value is -1.20. The zero-order chi connectivity index (χ0) is 13.0. The van der Waals surface area contributed by atoms with Crippen LogP contribution < -0.4 is 10.6 Å². The molecule has 4 nitrogen and oxygen atoms in total. The van der Waals surface area contributed by atoms with Gasteiger partial charge in [-0.2, -0.15) is 0 Å². The first-order valence-corrected chi connectivity index (χ1v) is 6.77. The van der Waals surface area contributed by atoms with Crippen molar-refractivity contribution in [1.29, 1.82) is 0 Å². The second kappa shape index (κ2) is 6.11. The molecule has 5 heteroatoms. The number of anilines is 1. The van der Waals surface area contributed by atoms with Crippen LogP contribution in [0.25, 0.3) is 0 Å². The molecule has 98 valence electrons. The molecule has 0 aromatic carbocycles. The lowest BCUT2D eigenvalue weighted by molar-refractivity contribution is 0.262. The van der Waals surface area contributed by atoms with Crippen LogP contribution in [0.15, 0.2) is 18.3 Å². The minimum Gasteiger partial charge on any atom is -0.396 e. The van der Waals surface area contributed by atoms with E-state index in [1.807, 2.05) is 12.1 Å². The molecule has 2 heterocycles. The number of aliphatic hydroxyl groups excluding tert-OH is 1. The number of piperidine rings is 1. The summed E-state index contributed by atoms with van der Waals surface area (Å²) in [5, 5.41) is 9.17. The van der Waals surface area contributed by atoms with Crippen molar-refractivity contribution in [2.24, 2.45) is 5.73 Å². The standard InChI is InChI=1S/C13H19N3OS/c14-13(18)12-11(5-3-7-15-12)16-8-2-1-4-10(16)6-9-17/h3,5,7,10,17H,1-2,4,6,8-9H2,(H2,14,18). The summed E-state index contributed by atoms with van der Waals surface area (Å²) in [6.45, 7) is 1.19. The molecule has 1 saturated heterocycles. The number of pyridine rings is 1. The number of nitrogens with two attached hydrogens (primary N) is 1. The van der Waals surface area contributed by atoms with Crippen molar-refractivity contribution in [3.05, 3.63) is 24.0 Å². The summed E-state index contributed by atoms with van der Waals surface area (Å²) in [5.74, 6) is 0. The molecule has 18 heavy (non-hydrogen) atoms. The van der Waals surface area contributed by atoms with Gasteiger partial charge in [0, 0.05) is 25.4 Å². The van der Waals surface area contributed by atoms with Crippen LogP contribution in [0.2, 0.25) is 0 Å². The van der Waals surface area contributed by atoms with Gasteiger partial charge < -0.3 is 15.7 Å². The van der Waals surface area contributed by atoms with Gasteiger partial charge in [-0.15, -0.1) is 0 Å². The Labute approximate surface area is 113 Å². The quantitative estimate of drug-likeness (QED) is 0.807. The predicted octanol–water partition coefficient (Wildman–Crippen LogP) is 1.46. The van der Waals surface area contributed by atoms with Crippen LogP contribution in [0.4, 0.5) is 5.69 Å². The summed E-state index contributed by atoms with van der Waals surface area (Å²) in [6, 6.07) is 4.28. The molecular weight excluding hydrogens is 246 g/mol. The van der Waals surface area contributed by atoms with E-state index >= 15 is 0 Å². The number of nitrogens with zero attached hydrogens (tertiary/aromatic N) is 2. The highest BCUT2D eigenvalue weighted by molar-refractivity contribution is 7.80. The van der Waals surface area contributed by atoms with Crippen LogP contribution in [0.3, 0.4) is 0 Å². The van der Waals surface area contributed by atoms with Crippen LogP contribution in [0.5, 0.6) is 0 Å². The average molecular weight is 265 g/mol. The van der Waals surface area contributed by atoms with E-state index in [0.717, 1.165) is 31.5 Å². The zero-order valence-electron chi connectivity index (χ0n) is 10.4. The SMILES string of the molecule is NC(=S)c1ncccc1N1CCCCC1CCO. The number of aliphatic hydroxyl groups is 1. The van der Waals surface area contributed by atoms with Crippen LogP contribution in [0, 0.1) is 0 Å². The molecule has 0 amide bonds. The molecule has 2 rings (SSSR count). The molecule has 0 bridgehead atoms. The van der Waals surface area contributed by atoms with Crippen LogP contribution in [-0.2, 0) is 0 Å². The molecular formula is C13H19N3OS. The lowest BCUT2D eigenvalue weighted by Crippen LogP contribution is -2.41. The second-order valence-corrected chi connectivity index (χ2v) is 5.03. The van der Waals surface area contributed by atoms with Gasteiger partial charge in [0.15, 0.2) is 0 Å². The lowest BCUT2D eigenvalue weighted by atomic mass is 9.98. The van der Waals surface area contributed by atoms with E-state index in [2.05, 4.69) is 9.88 Å². The Morgan fingerprint density at radius 3 is 3.11 bits per heavy atom. The third-order valence-electron chi connectivity index (χ3n) is 3.42. The van der Waals surface area contributed by atoms with E-state index in [1.165, 1.54) is 6.42 Å². The largest absolute Gasteiger partial charge is 0.396 e. The number of hydrogen-bond donors (Lipinski definition) is 2. The van der Waals surface area contributed by atoms with Gasteiger partial charge in [-0.05, 0) is 37.8 Å². The minimum atomic E-state index is 0.212. The third kappa shape index (κ3) is 2.79. The summed E-state index contributed by atoms with van der Waals surface area (Å²) in [7, 11) is 0. The van der Waals surface area contributed by atoms with Crippen molar-refractivity contribution in [2.75, 3.05) is 18.1 Å². The molecule has 1 aliphatic rings. The summed E-state index contributed by atoms with van der Waals surface area (Å²) in [6.07, 6.45) is 5.97. The summed E-state index contributed by atoms with van der Waals surface area (Å²) in [4.78, 5) is 6.90. The molecule has 1 fully saturated rings. The highest BCUT2D eigenvalue weighted by Crippen LogP contribution is 2.28. The molecule has 3 N–H and O–H groups in total. The topological polar surface area (TPSA) is 62.4 Å². The summed E-state index contributed by atoms with van der Waals surface area (Å²) >= 11 is 5.06. The molecule has 1 atom stereocenters. The van der Waals surface area contributed by atoms with E-state index in [1.54, 1.807) is 6.20 Å². The first-order chi connectivity index (χ1) is 8.74. The van der Waals surface area contributed by atoms with Crippen molar-refractivity contribution in [3.8, 4) is 0 Å². The number of rotatable bonds is 4. The van der Waals surface area contributed by atoms with Crippen LogP contribution >= 0.6 is 12.2 Å². The van der Waals surface area contributed by atoms with Gasteiger partial charge in [-0.25, -0.2) is 0 Å². The Bertz CT molecular complexity index is 422. The van der Waals surface area contributed by atoms with E-state index in [-0.39, 0.29) is 6.61 Å². The highest BCUT2D eigenvalue weighted by Gasteiger charge is 2.24. The summed E-state index contributed by atoms with van der Waals surface area (Å²) in [5.41, 5.74) is 7.43. The molecule has 0 spiro atoms. The maximum absolute atomic E-state index is 9.17. The molecule has 1 aliphatic heterocycles. The Balaban J connectivity index is 2.30. The number of aromatic nitrogens is 1. The van der Waals surface area contributed by atoms with E-state index < -0.39 is 0 Å². The lowest BCUT2D eigenvalue weighted by Gasteiger charge is -2.38. The highest BCUT2D eigenvalue weighted by atomic mass is 32.1. The molecule has 1 aromatic heterocycles. The Morgan fingerprint density at radius 1 is 1.56 bits per heavy atom. The van der Waals surface area contributed by atoms with Crippen molar-refractivity contribution < 1.29 is 5.11 Å². The second-order valence-electron chi connectivity index (χ2n) is 4.59. The Morgan fingerprint density at radius 2 is 2.39 bits per heavy atom. The van der Waals surface area contributed by atoms with Crippen molar-refractivity contribution in [1.82, 2.24) is 4.98 Å². The minimum absolute atomic E-state index is 0.212. The van der Waals surface area contributed by atoms with Gasteiger partial charge in [0.2, 0.25) is 0 Å². The molecule has 0 aliphatic carbocycles. The maximum Gasteiger partial charge on any atom is 0.124 e. The maximum atomic E-state index is 9.17. The normalized spacial score (nSPS) is 19.8. The molecule has 1 aromatic rings. The van der Waals surface area contributed by atoms with Gasteiger partial charge in [0.1, 0.15) is 10.7 Å². The fourth-order valence-electron chi connectivity index (χ4n) is 2.59. The number of hydrogen-bond acceptors (Lipinski definition) is 4. The third-order valence-corrected chi connectivity index (χ3v) is 3.61. The van der Waals surface area contributed by atoms with Gasteiger partial charge >= 0.3 is 0 Å². The fraction of sp³-hybridized carbons (Fsp3) is 0.538. The van der Waals surface area contributed by atoms with E-state index in [0.29, 0.717) is 16.7 Å². The van der Waals surface area contributed by atoms with Crippen molar-refractivity contribution >= 4 is 22.9 Å². The van der Waals surface area contributed by atoms with Crippen molar-refractivity contribution in [2.45, 2.75) is 31.7 Å². The van der Waals surface area contributed by atoms with E-state index in [9.17, 15) is 0 Å². The van der Waals surface area contributed by atoms with Gasteiger partial charge in [-0.1, -0.05) is 12.2 Å². The first kappa shape index (κ1) is 13.2. The number of thiocarbonyl (C=S) groups is 1. The molecule has 1 unspecified atom stereocenters. The smallest absolute Gasteiger partial charge is 0.124 e. The predicted molar refractivity (Wildman–Crippen MR) is 76.8 cm³/mol. The molecule has 0 saturated carbocycles. The van der Waals surface area contributed by atoms with E-state index in [4.69, 9.17) is 23.1 Å². The van der Waals surface area contributed by atoms with Crippen molar-refractivity contribution in [3.63, 3.8) is 0 Å². The van der Waals surface area contributed by atoms with Gasteiger partial charge in [-0.3, -0.25) is 4.98 Å².